The normalized spacial score (nSPS) is 13.8. The summed E-state index contributed by atoms with van der Waals surface area (Å²) in [5.41, 5.74) is 0.801. The van der Waals surface area contributed by atoms with Gasteiger partial charge in [0.05, 0.1) is 4.34 Å². The molecule has 0 radical (unpaired) electrons. The maximum atomic E-state index is 11.9. The van der Waals surface area contributed by atoms with Crippen LogP contribution in [0.2, 0.25) is 4.34 Å². The summed E-state index contributed by atoms with van der Waals surface area (Å²) >= 11 is 10.4. The molecule has 0 aromatic carbocycles. The molecule has 0 spiro atoms. The van der Waals surface area contributed by atoms with Crippen molar-refractivity contribution in [2.24, 2.45) is 5.92 Å². The molecule has 0 amide bonds. The number of hydrogen-bond acceptors (Lipinski definition) is 3. The van der Waals surface area contributed by atoms with E-state index in [1.54, 1.807) is 13.0 Å². The number of rotatable bonds is 7. The Balaban J connectivity index is 2.50. The molecule has 3 nitrogen and oxygen atoms in total. The summed E-state index contributed by atoms with van der Waals surface area (Å²) in [6.07, 6.45) is 1.84. The van der Waals surface area contributed by atoms with Crippen molar-refractivity contribution < 1.29 is 8.42 Å². The fourth-order valence-corrected chi connectivity index (χ4v) is 4.52. The minimum Gasteiger partial charge on any atom is -0.210 e. The molecule has 18 heavy (non-hydrogen) atoms. The van der Waals surface area contributed by atoms with Crippen LogP contribution in [0.3, 0.4) is 0 Å². The van der Waals surface area contributed by atoms with Crippen LogP contribution in [-0.2, 0) is 10.0 Å². The second kappa shape index (κ2) is 7.24. The highest BCUT2D eigenvalue weighted by atomic mass is 79.9. The van der Waals surface area contributed by atoms with Crippen LogP contribution >= 0.6 is 38.9 Å². The molecule has 1 aromatic rings. The third-order valence-electron chi connectivity index (χ3n) is 2.53. The monoisotopic (exact) mass is 373 g/mol. The molecular weight excluding hydrogens is 358 g/mol. The van der Waals surface area contributed by atoms with Crippen molar-refractivity contribution in [3.8, 4) is 0 Å². The summed E-state index contributed by atoms with van der Waals surface area (Å²) in [7, 11) is -3.39. The number of halogens is 2. The summed E-state index contributed by atoms with van der Waals surface area (Å²) in [4.78, 5) is 0. The molecule has 0 bridgehead atoms. The van der Waals surface area contributed by atoms with Gasteiger partial charge in [-0.25, -0.2) is 13.1 Å². The number of thiophene rings is 1. The Morgan fingerprint density at radius 2 is 2.22 bits per heavy atom. The summed E-state index contributed by atoms with van der Waals surface area (Å²) < 4.78 is 27.3. The van der Waals surface area contributed by atoms with E-state index < -0.39 is 10.0 Å². The van der Waals surface area contributed by atoms with Crippen LogP contribution in [0.25, 0.3) is 0 Å². The molecule has 1 heterocycles. The van der Waals surface area contributed by atoms with Crippen molar-refractivity contribution in [2.45, 2.75) is 30.9 Å². The zero-order valence-electron chi connectivity index (χ0n) is 10.4. The lowest BCUT2D eigenvalue weighted by atomic mass is 10.1. The third kappa shape index (κ3) is 4.81. The molecule has 1 unspecified atom stereocenters. The van der Waals surface area contributed by atoms with E-state index in [1.807, 2.05) is 0 Å². The maximum absolute atomic E-state index is 11.9. The van der Waals surface area contributed by atoms with Crippen molar-refractivity contribution in [1.29, 1.82) is 0 Å². The van der Waals surface area contributed by atoms with Gasteiger partial charge in [0.15, 0.2) is 0 Å². The second-order valence-electron chi connectivity index (χ2n) is 4.32. The van der Waals surface area contributed by atoms with Gasteiger partial charge in [-0.3, -0.25) is 0 Å². The van der Waals surface area contributed by atoms with Gasteiger partial charge in [-0.15, -0.1) is 11.3 Å². The molecule has 1 N–H and O–H groups in total. The molecule has 0 aliphatic carbocycles. The van der Waals surface area contributed by atoms with Gasteiger partial charge in [0.1, 0.15) is 4.21 Å². The Hall–Kier alpha value is 0.380. The van der Waals surface area contributed by atoms with Gasteiger partial charge in [-0.05, 0) is 37.3 Å². The van der Waals surface area contributed by atoms with Crippen LogP contribution in [0.1, 0.15) is 25.3 Å². The van der Waals surface area contributed by atoms with Gasteiger partial charge < -0.3 is 0 Å². The Kier molecular flexibility index (Phi) is 6.61. The smallest absolute Gasteiger partial charge is 0.210 e. The lowest BCUT2D eigenvalue weighted by Crippen LogP contribution is -2.24. The molecule has 0 fully saturated rings. The first-order valence-electron chi connectivity index (χ1n) is 5.68. The zero-order chi connectivity index (χ0) is 13.8. The average Bonchev–Trinajstić information content (AvgIpc) is 2.66. The van der Waals surface area contributed by atoms with E-state index in [0.29, 0.717) is 21.0 Å². The molecule has 1 aromatic heterocycles. The van der Waals surface area contributed by atoms with Gasteiger partial charge in [-0.2, -0.15) is 0 Å². The first-order chi connectivity index (χ1) is 8.36. The van der Waals surface area contributed by atoms with Gasteiger partial charge in [0, 0.05) is 11.9 Å². The van der Waals surface area contributed by atoms with E-state index in [4.69, 9.17) is 11.6 Å². The van der Waals surface area contributed by atoms with Crippen LogP contribution < -0.4 is 4.72 Å². The number of alkyl halides is 1. The molecule has 0 saturated heterocycles. The number of nitrogens with one attached hydrogen (secondary N) is 1. The molecule has 0 aliphatic rings. The Morgan fingerprint density at radius 3 is 2.72 bits per heavy atom. The average molecular weight is 375 g/mol. The standard InChI is InChI=1S/C11H17BrClNO2S2/c1-8(7-12)4-3-5-14-18(15,16)10-6-9(2)11(13)17-10/h6,8,14H,3-5,7H2,1-2H3. The number of aryl methyl sites for hydroxylation is 1. The molecular formula is C11H17BrClNO2S2. The van der Waals surface area contributed by atoms with E-state index in [9.17, 15) is 8.42 Å². The largest absolute Gasteiger partial charge is 0.250 e. The Morgan fingerprint density at radius 1 is 1.56 bits per heavy atom. The van der Waals surface area contributed by atoms with E-state index in [-0.39, 0.29) is 0 Å². The minimum absolute atomic E-state index is 0.290. The fourth-order valence-electron chi connectivity index (χ4n) is 1.37. The van der Waals surface area contributed by atoms with Crippen molar-refractivity contribution in [3.05, 3.63) is 16.0 Å². The number of hydrogen-bond donors (Lipinski definition) is 1. The topological polar surface area (TPSA) is 46.2 Å². The van der Waals surface area contributed by atoms with Crippen molar-refractivity contribution in [2.75, 3.05) is 11.9 Å². The van der Waals surface area contributed by atoms with E-state index in [2.05, 4.69) is 27.6 Å². The van der Waals surface area contributed by atoms with Gasteiger partial charge in [0.2, 0.25) is 10.0 Å². The van der Waals surface area contributed by atoms with Crippen LogP contribution in [0.4, 0.5) is 0 Å². The molecule has 7 heteroatoms. The summed E-state index contributed by atoms with van der Waals surface area (Å²) in [5.74, 6) is 0.563. The quantitative estimate of drug-likeness (QED) is 0.583. The van der Waals surface area contributed by atoms with Crippen LogP contribution in [0.5, 0.6) is 0 Å². The minimum atomic E-state index is -3.39. The predicted octanol–water partition coefficient (Wildman–Crippen LogP) is 3.80. The Bertz CT molecular complexity index is 468. The fraction of sp³-hybridized carbons (Fsp3) is 0.636. The first-order valence-corrected chi connectivity index (χ1v) is 9.48. The molecule has 0 aliphatic heterocycles. The van der Waals surface area contributed by atoms with E-state index in [0.717, 1.165) is 35.1 Å². The van der Waals surface area contributed by atoms with Crippen molar-refractivity contribution in [1.82, 2.24) is 4.72 Å². The maximum Gasteiger partial charge on any atom is 0.250 e. The number of sulfonamides is 1. The van der Waals surface area contributed by atoms with Gasteiger partial charge in [0.25, 0.3) is 0 Å². The SMILES string of the molecule is Cc1cc(S(=O)(=O)NCCCC(C)CBr)sc1Cl. The highest BCUT2D eigenvalue weighted by Gasteiger charge is 2.17. The Labute approximate surface area is 126 Å². The molecule has 0 saturated carbocycles. The van der Waals surface area contributed by atoms with Crippen LogP contribution in [-0.4, -0.2) is 20.3 Å². The summed E-state index contributed by atoms with van der Waals surface area (Å²) in [5, 5.41) is 0.944. The lowest BCUT2D eigenvalue weighted by Gasteiger charge is -2.08. The zero-order valence-corrected chi connectivity index (χ0v) is 14.3. The molecule has 1 atom stereocenters. The van der Waals surface area contributed by atoms with Crippen LogP contribution in [0.15, 0.2) is 10.3 Å². The second-order valence-corrected chi connectivity index (χ2v) is 8.62. The predicted molar refractivity (Wildman–Crippen MR) is 81.4 cm³/mol. The van der Waals surface area contributed by atoms with Gasteiger partial charge in [-0.1, -0.05) is 34.5 Å². The van der Waals surface area contributed by atoms with E-state index in [1.165, 1.54) is 0 Å². The van der Waals surface area contributed by atoms with Crippen LogP contribution in [0, 0.1) is 12.8 Å². The van der Waals surface area contributed by atoms with Crippen molar-refractivity contribution in [3.63, 3.8) is 0 Å². The third-order valence-corrected chi connectivity index (χ3v) is 7.12. The van der Waals surface area contributed by atoms with Crippen molar-refractivity contribution >= 4 is 48.9 Å². The highest BCUT2D eigenvalue weighted by Crippen LogP contribution is 2.29. The first kappa shape index (κ1) is 16.4. The molecule has 104 valence electrons. The van der Waals surface area contributed by atoms with E-state index >= 15 is 0 Å². The van der Waals surface area contributed by atoms with Gasteiger partial charge >= 0.3 is 0 Å². The summed E-state index contributed by atoms with van der Waals surface area (Å²) in [6, 6.07) is 1.61. The highest BCUT2D eigenvalue weighted by molar-refractivity contribution is 9.09. The summed E-state index contributed by atoms with van der Waals surface area (Å²) in [6.45, 7) is 4.40. The lowest BCUT2D eigenvalue weighted by molar-refractivity contribution is 0.547. The molecule has 1 rings (SSSR count).